The third-order valence-corrected chi connectivity index (χ3v) is 3.27. The second-order valence-electron chi connectivity index (χ2n) is 4.84. The van der Waals surface area contributed by atoms with Gasteiger partial charge in [-0.3, -0.25) is 4.79 Å². The number of halogens is 2. The Morgan fingerprint density at radius 1 is 1.30 bits per heavy atom. The molecule has 0 fully saturated rings. The van der Waals surface area contributed by atoms with E-state index in [2.05, 4.69) is 16.7 Å². The molecule has 0 unspecified atom stereocenters. The van der Waals surface area contributed by atoms with E-state index in [0.29, 0.717) is 12.1 Å². The first-order valence-corrected chi connectivity index (χ1v) is 6.74. The molecule has 1 aliphatic rings. The van der Waals surface area contributed by atoms with Crippen LogP contribution in [0.2, 0.25) is 0 Å². The zero-order valence-corrected chi connectivity index (χ0v) is 11.2. The van der Waals surface area contributed by atoms with Crippen molar-refractivity contribution in [2.45, 2.75) is 19.3 Å². The van der Waals surface area contributed by atoms with Crippen molar-refractivity contribution >= 4 is 5.91 Å². The summed E-state index contributed by atoms with van der Waals surface area (Å²) < 4.78 is 25.8. The van der Waals surface area contributed by atoms with Gasteiger partial charge >= 0.3 is 0 Å². The first kappa shape index (κ1) is 14.7. The zero-order chi connectivity index (χ0) is 14.4. The molecule has 2 N–H and O–H groups in total. The lowest BCUT2D eigenvalue weighted by molar-refractivity contribution is -0.120. The largest absolute Gasteiger partial charge is 0.355 e. The van der Waals surface area contributed by atoms with E-state index in [0.717, 1.165) is 38.1 Å². The molecule has 20 heavy (non-hydrogen) atoms. The van der Waals surface area contributed by atoms with Gasteiger partial charge in [0.2, 0.25) is 5.91 Å². The number of carbonyl (C=O) groups excluding carboxylic acids is 1. The molecule has 1 amide bonds. The Morgan fingerprint density at radius 2 is 2.15 bits per heavy atom. The van der Waals surface area contributed by atoms with Crippen LogP contribution in [0.3, 0.4) is 0 Å². The number of carbonyl (C=O) groups is 1. The van der Waals surface area contributed by atoms with Crippen molar-refractivity contribution < 1.29 is 13.6 Å². The van der Waals surface area contributed by atoms with Crippen LogP contribution in [-0.2, 0) is 11.2 Å². The molecule has 0 saturated heterocycles. The van der Waals surface area contributed by atoms with Gasteiger partial charge in [0, 0.05) is 13.1 Å². The normalized spacial score (nSPS) is 14.8. The SMILES string of the molecule is O=C(Cc1ccc(F)c(F)c1)NCCC1=CCNCC1. The Morgan fingerprint density at radius 3 is 2.85 bits per heavy atom. The molecule has 2 rings (SSSR count). The maximum atomic E-state index is 13.0. The second-order valence-corrected chi connectivity index (χ2v) is 4.84. The van der Waals surface area contributed by atoms with Crippen molar-refractivity contribution in [3.8, 4) is 0 Å². The fraction of sp³-hybridized carbons (Fsp3) is 0.400. The third-order valence-electron chi connectivity index (χ3n) is 3.27. The minimum absolute atomic E-state index is 0.0673. The van der Waals surface area contributed by atoms with E-state index < -0.39 is 11.6 Å². The lowest BCUT2D eigenvalue weighted by atomic mass is 10.1. The number of hydrogen-bond donors (Lipinski definition) is 2. The number of nitrogens with one attached hydrogen (secondary N) is 2. The highest BCUT2D eigenvalue weighted by atomic mass is 19.2. The van der Waals surface area contributed by atoms with Gasteiger partial charge < -0.3 is 10.6 Å². The van der Waals surface area contributed by atoms with Gasteiger partial charge in [-0.1, -0.05) is 17.7 Å². The predicted octanol–water partition coefficient (Wildman–Crippen LogP) is 1.93. The van der Waals surface area contributed by atoms with Crippen LogP contribution < -0.4 is 10.6 Å². The van der Waals surface area contributed by atoms with E-state index >= 15 is 0 Å². The molecule has 108 valence electrons. The number of benzene rings is 1. The molecule has 0 aromatic heterocycles. The quantitative estimate of drug-likeness (QED) is 0.809. The van der Waals surface area contributed by atoms with E-state index in [9.17, 15) is 13.6 Å². The molecule has 0 bridgehead atoms. The predicted molar refractivity (Wildman–Crippen MR) is 73.3 cm³/mol. The summed E-state index contributed by atoms with van der Waals surface area (Å²) in [4.78, 5) is 11.7. The highest BCUT2D eigenvalue weighted by Crippen LogP contribution is 2.10. The maximum absolute atomic E-state index is 13.0. The molecule has 0 radical (unpaired) electrons. The average Bonchev–Trinajstić information content (AvgIpc) is 2.44. The first-order valence-electron chi connectivity index (χ1n) is 6.74. The number of rotatable bonds is 5. The van der Waals surface area contributed by atoms with Crippen LogP contribution in [0.5, 0.6) is 0 Å². The summed E-state index contributed by atoms with van der Waals surface area (Å²) in [6, 6.07) is 3.52. The Hall–Kier alpha value is -1.75. The van der Waals surface area contributed by atoms with Crippen molar-refractivity contribution in [1.29, 1.82) is 0 Å². The molecule has 0 spiro atoms. The molecule has 1 aromatic carbocycles. The molecule has 1 heterocycles. The monoisotopic (exact) mass is 280 g/mol. The van der Waals surface area contributed by atoms with E-state index in [1.807, 2.05) is 0 Å². The van der Waals surface area contributed by atoms with Crippen LogP contribution in [0, 0.1) is 11.6 Å². The molecule has 1 aliphatic heterocycles. The molecular formula is C15H18F2N2O. The van der Waals surface area contributed by atoms with Crippen molar-refractivity contribution in [2.75, 3.05) is 19.6 Å². The summed E-state index contributed by atoms with van der Waals surface area (Å²) in [7, 11) is 0. The molecule has 0 atom stereocenters. The lowest BCUT2D eigenvalue weighted by Gasteiger charge is -2.14. The highest BCUT2D eigenvalue weighted by molar-refractivity contribution is 5.78. The van der Waals surface area contributed by atoms with Crippen molar-refractivity contribution in [3.63, 3.8) is 0 Å². The molecule has 3 nitrogen and oxygen atoms in total. The van der Waals surface area contributed by atoms with Gasteiger partial charge in [-0.2, -0.15) is 0 Å². The van der Waals surface area contributed by atoms with E-state index in [-0.39, 0.29) is 12.3 Å². The van der Waals surface area contributed by atoms with Gasteiger partial charge in [-0.05, 0) is 37.1 Å². The zero-order valence-electron chi connectivity index (χ0n) is 11.2. The smallest absolute Gasteiger partial charge is 0.224 e. The van der Waals surface area contributed by atoms with Crippen LogP contribution in [0.1, 0.15) is 18.4 Å². The maximum Gasteiger partial charge on any atom is 0.224 e. The molecule has 1 aromatic rings. The number of amides is 1. The van der Waals surface area contributed by atoms with E-state index in [1.165, 1.54) is 11.6 Å². The van der Waals surface area contributed by atoms with Gasteiger partial charge in [0.15, 0.2) is 11.6 Å². The topological polar surface area (TPSA) is 41.1 Å². The van der Waals surface area contributed by atoms with Crippen LogP contribution >= 0.6 is 0 Å². The van der Waals surface area contributed by atoms with Gasteiger partial charge in [-0.15, -0.1) is 0 Å². The lowest BCUT2D eigenvalue weighted by Crippen LogP contribution is -2.27. The van der Waals surface area contributed by atoms with E-state index in [4.69, 9.17) is 0 Å². The minimum atomic E-state index is -0.921. The minimum Gasteiger partial charge on any atom is -0.355 e. The van der Waals surface area contributed by atoms with Crippen LogP contribution in [0.4, 0.5) is 8.78 Å². The van der Waals surface area contributed by atoms with Gasteiger partial charge in [0.1, 0.15) is 0 Å². The Kier molecular flexibility index (Phi) is 5.24. The summed E-state index contributed by atoms with van der Waals surface area (Å²) >= 11 is 0. The summed E-state index contributed by atoms with van der Waals surface area (Å²) in [6.45, 7) is 2.45. The standard InChI is InChI=1S/C15H18F2N2O/c16-13-2-1-12(9-14(13)17)10-15(20)19-8-5-11-3-6-18-7-4-11/h1-3,9,18H,4-8,10H2,(H,19,20). The van der Waals surface area contributed by atoms with Crippen molar-refractivity contribution in [3.05, 3.63) is 47.0 Å². The van der Waals surface area contributed by atoms with Gasteiger partial charge in [0.25, 0.3) is 0 Å². The van der Waals surface area contributed by atoms with Crippen LogP contribution in [0.15, 0.2) is 29.8 Å². The molecule has 5 heteroatoms. The molecular weight excluding hydrogens is 262 g/mol. The average molecular weight is 280 g/mol. The highest BCUT2D eigenvalue weighted by Gasteiger charge is 2.08. The fourth-order valence-electron chi connectivity index (χ4n) is 2.16. The van der Waals surface area contributed by atoms with Crippen molar-refractivity contribution in [1.82, 2.24) is 10.6 Å². The second kappa shape index (κ2) is 7.14. The van der Waals surface area contributed by atoms with Crippen LogP contribution in [0.25, 0.3) is 0 Å². The molecule has 0 aliphatic carbocycles. The first-order chi connectivity index (χ1) is 9.65. The van der Waals surface area contributed by atoms with E-state index in [1.54, 1.807) is 0 Å². The van der Waals surface area contributed by atoms with Gasteiger partial charge in [-0.25, -0.2) is 8.78 Å². The third kappa shape index (κ3) is 4.42. The molecule has 0 saturated carbocycles. The summed E-state index contributed by atoms with van der Waals surface area (Å²) in [5.74, 6) is -1.99. The Bertz CT molecular complexity index is 515. The van der Waals surface area contributed by atoms with Gasteiger partial charge in [0.05, 0.1) is 6.42 Å². The Labute approximate surface area is 117 Å². The number of hydrogen-bond acceptors (Lipinski definition) is 2. The summed E-state index contributed by atoms with van der Waals surface area (Å²) in [6.07, 6.45) is 4.06. The van der Waals surface area contributed by atoms with Crippen molar-refractivity contribution in [2.24, 2.45) is 0 Å². The van der Waals surface area contributed by atoms with Crippen LogP contribution in [-0.4, -0.2) is 25.5 Å². The Balaban J connectivity index is 1.74. The fourth-order valence-corrected chi connectivity index (χ4v) is 2.16. The summed E-state index contributed by atoms with van der Waals surface area (Å²) in [5.41, 5.74) is 1.82. The summed E-state index contributed by atoms with van der Waals surface area (Å²) in [5, 5.41) is 6.02.